The molecule has 3 nitrogen and oxygen atoms in total. The minimum Gasteiger partial charge on any atom is -0.335 e. The zero-order chi connectivity index (χ0) is 15.2. The molecule has 1 fully saturated rings. The highest BCUT2D eigenvalue weighted by molar-refractivity contribution is 5.95. The van der Waals surface area contributed by atoms with Crippen molar-refractivity contribution in [2.24, 2.45) is 0 Å². The smallest absolute Gasteiger partial charge is 0.254 e. The molecule has 0 spiro atoms. The summed E-state index contributed by atoms with van der Waals surface area (Å²) < 4.78 is 0. The summed E-state index contributed by atoms with van der Waals surface area (Å²) >= 11 is 0. The molecule has 0 saturated carbocycles. The maximum Gasteiger partial charge on any atom is 0.254 e. The van der Waals surface area contributed by atoms with Gasteiger partial charge in [0.15, 0.2) is 0 Å². The lowest BCUT2D eigenvalue weighted by Crippen LogP contribution is -2.48. The van der Waals surface area contributed by atoms with Gasteiger partial charge in [0, 0.05) is 24.2 Å². The normalized spacial score (nSPS) is 18.8. The highest BCUT2D eigenvalue weighted by Gasteiger charge is 2.24. The van der Waals surface area contributed by atoms with Crippen LogP contribution in [0, 0.1) is 0 Å². The monoisotopic (exact) mass is 288 g/mol. The number of nitrogens with one attached hydrogen (secondary N) is 1. The zero-order valence-electron chi connectivity index (χ0n) is 13.6. The molecular weight excluding hydrogens is 260 g/mol. The number of piperidine rings is 1. The van der Waals surface area contributed by atoms with Gasteiger partial charge in [-0.3, -0.25) is 4.79 Å². The standard InChI is InChI=1S/C18H28N2O/c1-4-15-9-5-6-11-17(15)18(21)20(14(2)3)13-16-10-7-8-12-19-16/h5-6,9,11,14,16,19H,4,7-8,10,12-13H2,1-3H3. The number of aryl methyl sites for hydroxylation is 1. The molecule has 1 saturated heterocycles. The second-order valence-electron chi connectivity index (χ2n) is 6.21. The summed E-state index contributed by atoms with van der Waals surface area (Å²) in [7, 11) is 0. The summed E-state index contributed by atoms with van der Waals surface area (Å²) in [5.74, 6) is 0.176. The maximum atomic E-state index is 12.9. The number of hydrogen-bond acceptors (Lipinski definition) is 2. The van der Waals surface area contributed by atoms with Crippen molar-refractivity contribution in [1.82, 2.24) is 10.2 Å². The van der Waals surface area contributed by atoms with Crippen molar-refractivity contribution in [2.75, 3.05) is 13.1 Å². The van der Waals surface area contributed by atoms with Gasteiger partial charge in [-0.25, -0.2) is 0 Å². The van der Waals surface area contributed by atoms with E-state index in [-0.39, 0.29) is 11.9 Å². The van der Waals surface area contributed by atoms with Crippen LogP contribution >= 0.6 is 0 Å². The molecule has 1 aliphatic rings. The molecule has 0 bridgehead atoms. The lowest BCUT2D eigenvalue weighted by molar-refractivity contribution is 0.0675. The van der Waals surface area contributed by atoms with Crippen molar-refractivity contribution in [2.45, 2.75) is 58.5 Å². The molecule has 3 heteroatoms. The van der Waals surface area contributed by atoms with Crippen molar-refractivity contribution in [3.05, 3.63) is 35.4 Å². The number of rotatable bonds is 5. The largest absolute Gasteiger partial charge is 0.335 e. The molecular formula is C18H28N2O. The number of amides is 1. The van der Waals surface area contributed by atoms with Gasteiger partial charge >= 0.3 is 0 Å². The maximum absolute atomic E-state index is 12.9. The molecule has 0 aromatic heterocycles. The molecule has 1 aromatic carbocycles. The van der Waals surface area contributed by atoms with Crippen LogP contribution in [-0.4, -0.2) is 36.0 Å². The summed E-state index contributed by atoms with van der Waals surface area (Å²) in [5, 5.41) is 3.55. The molecule has 1 aliphatic heterocycles. The van der Waals surface area contributed by atoms with Crippen LogP contribution in [0.25, 0.3) is 0 Å². The lowest BCUT2D eigenvalue weighted by atomic mass is 10.0. The summed E-state index contributed by atoms with van der Waals surface area (Å²) in [6.07, 6.45) is 4.59. The Bertz CT molecular complexity index is 464. The molecule has 21 heavy (non-hydrogen) atoms. The average molecular weight is 288 g/mol. The van der Waals surface area contributed by atoms with E-state index in [9.17, 15) is 4.79 Å². The summed E-state index contributed by atoms with van der Waals surface area (Å²) in [4.78, 5) is 15.0. The molecule has 1 heterocycles. The van der Waals surface area contributed by atoms with Gasteiger partial charge < -0.3 is 10.2 Å². The number of carbonyl (C=O) groups is 1. The third-order valence-electron chi connectivity index (χ3n) is 4.34. The quantitative estimate of drug-likeness (QED) is 0.902. The molecule has 0 aliphatic carbocycles. The van der Waals surface area contributed by atoms with Gasteiger partial charge in [-0.05, 0) is 51.3 Å². The van der Waals surface area contributed by atoms with Gasteiger partial charge in [-0.15, -0.1) is 0 Å². The summed E-state index contributed by atoms with van der Waals surface area (Å²) in [6.45, 7) is 8.21. The van der Waals surface area contributed by atoms with E-state index >= 15 is 0 Å². The predicted molar refractivity (Wildman–Crippen MR) is 87.6 cm³/mol. The molecule has 1 atom stereocenters. The van der Waals surface area contributed by atoms with E-state index in [0.717, 1.165) is 30.6 Å². The van der Waals surface area contributed by atoms with Crippen molar-refractivity contribution in [1.29, 1.82) is 0 Å². The minimum absolute atomic E-state index is 0.176. The van der Waals surface area contributed by atoms with Crippen LogP contribution in [0.3, 0.4) is 0 Å². The van der Waals surface area contributed by atoms with E-state index in [1.807, 2.05) is 23.1 Å². The highest BCUT2D eigenvalue weighted by atomic mass is 16.2. The zero-order valence-corrected chi connectivity index (χ0v) is 13.6. The Balaban J connectivity index is 2.14. The second kappa shape index (κ2) is 7.60. The Morgan fingerprint density at radius 1 is 1.33 bits per heavy atom. The van der Waals surface area contributed by atoms with Crippen LogP contribution in [-0.2, 0) is 6.42 Å². The Kier molecular flexibility index (Phi) is 5.80. The van der Waals surface area contributed by atoms with E-state index in [1.54, 1.807) is 0 Å². The third-order valence-corrected chi connectivity index (χ3v) is 4.34. The third kappa shape index (κ3) is 4.07. The van der Waals surface area contributed by atoms with E-state index in [2.05, 4.69) is 32.2 Å². The first-order valence-electron chi connectivity index (χ1n) is 8.25. The van der Waals surface area contributed by atoms with Crippen LogP contribution < -0.4 is 5.32 Å². The first-order chi connectivity index (χ1) is 10.1. The van der Waals surface area contributed by atoms with Gasteiger partial charge in [0.05, 0.1) is 0 Å². The fourth-order valence-electron chi connectivity index (χ4n) is 3.04. The van der Waals surface area contributed by atoms with Crippen molar-refractivity contribution < 1.29 is 4.79 Å². The van der Waals surface area contributed by atoms with Crippen LogP contribution in [0.15, 0.2) is 24.3 Å². The molecule has 116 valence electrons. The lowest BCUT2D eigenvalue weighted by Gasteiger charge is -2.33. The molecule has 2 rings (SSSR count). The second-order valence-corrected chi connectivity index (χ2v) is 6.21. The predicted octanol–water partition coefficient (Wildman–Crippen LogP) is 3.24. The van der Waals surface area contributed by atoms with E-state index in [4.69, 9.17) is 0 Å². The topological polar surface area (TPSA) is 32.3 Å². The minimum atomic E-state index is 0.176. The Labute approximate surface area is 128 Å². The van der Waals surface area contributed by atoms with Crippen molar-refractivity contribution in [3.63, 3.8) is 0 Å². The van der Waals surface area contributed by atoms with Crippen molar-refractivity contribution in [3.8, 4) is 0 Å². The fraction of sp³-hybridized carbons (Fsp3) is 0.611. The number of nitrogens with zero attached hydrogens (tertiary/aromatic N) is 1. The SMILES string of the molecule is CCc1ccccc1C(=O)N(CC1CCCCN1)C(C)C. The molecule has 1 unspecified atom stereocenters. The fourth-order valence-corrected chi connectivity index (χ4v) is 3.04. The van der Waals surface area contributed by atoms with Gasteiger partial charge in [-0.1, -0.05) is 31.5 Å². The Hall–Kier alpha value is -1.35. The van der Waals surface area contributed by atoms with Gasteiger partial charge in [0.1, 0.15) is 0 Å². The average Bonchev–Trinajstić information content (AvgIpc) is 2.52. The van der Waals surface area contributed by atoms with Crippen LogP contribution in [0.1, 0.15) is 56.0 Å². The van der Waals surface area contributed by atoms with Crippen LogP contribution in [0.2, 0.25) is 0 Å². The van der Waals surface area contributed by atoms with Gasteiger partial charge in [0.2, 0.25) is 0 Å². The van der Waals surface area contributed by atoms with E-state index in [1.165, 1.54) is 19.3 Å². The molecule has 1 amide bonds. The van der Waals surface area contributed by atoms with E-state index < -0.39 is 0 Å². The molecule has 1 N–H and O–H groups in total. The van der Waals surface area contributed by atoms with Crippen LogP contribution in [0.4, 0.5) is 0 Å². The Morgan fingerprint density at radius 2 is 2.10 bits per heavy atom. The number of hydrogen-bond donors (Lipinski definition) is 1. The van der Waals surface area contributed by atoms with E-state index in [0.29, 0.717) is 6.04 Å². The van der Waals surface area contributed by atoms with Gasteiger partial charge in [0.25, 0.3) is 5.91 Å². The molecule has 1 aromatic rings. The number of carbonyl (C=O) groups excluding carboxylic acids is 1. The Morgan fingerprint density at radius 3 is 2.71 bits per heavy atom. The summed E-state index contributed by atoms with van der Waals surface area (Å²) in [6, 6.07) is 8.67. The first-order valence-corrected chi connectivity index (χ1v) is 8.25. The molecule has 0 radical (unpaired) electrons. The van der Waals surface area contributed by atoms with Gasteiger partial charge in [-0.2, -0.15) is 0 Å². The number of benzene rings is 1. The summed E-state index contributed by atoms with van der Waals surface area (Å²) in [5.41, 5.74) is 2.01. The van der Waals surface area contributed by atoms with Crippen molar-refractivity contribution >= 4 is 5.91 Å². The van der Waals surface area contributed by atoms with Crippen LogP contribution in [0.5, 0.6) is 0 Å². The first kappa shape index (κ1) is 16.0. The highest BCUT2D eigenvalue weighted by Crippen LogP contribution is 2.17.